The third-order valence-corrected chi connectivity index (χ3v) is 2.36. The summed E-state index contributed by atoms with van der Waals surface area (Å²) in [6.07, 6.45) is 1.72. The van der Waals surface area contributed by atoms with E-state index in [2.05, 4.69) is 6.92 Å². The Balaban J connectivity index is 3.68. The molecule has 0 spiro atoms. The summed E-state index contributed by atoms with van der Waals surface area (Å²) in [7, 11) is 0. The molecule has 0 bridgehead atoms. The van der Waals surface area contributed by atoms with E-state index in [1.807, 2.05) is 13.8 Å². The van der Waals surface area contributed by atoms with Crippen molar-refractivity contribution in [2.75, 3.05) is 13.2 Å². The second-order valence-corrected chi connectivity index (χ2v) is 4.34. The molecule has 4 nitrogen and oxygen atoms in total. The molecule has 0 aliphatic heterocycles. The van der Waals surface area contributed by atoms with Crippen molar-refractivity contribution in [3.05, 3.63) is 0 Å². The molecule has 0 fully saturated rings. The Morgan fingerprint density at radius 1 is 1.33 bits per heavy atom. The molecule has 0 saturated carbocycles. The maximum absolute atomic E-state index is 10.7. The summed E-state index contributed by atoms with van der Waals surface area (Å²) in [6.45, 7) is 6.96. The van der Waals surface area contributed by atoms with Crippen molar-refractivity contribution < 1.29 is 14.6 Å². The molecule has 0 amide bonds. The largest absolute Gasteiger partial charge is 0.481 e. The average Bonchev–Trinajstić information content (AvgIpc) is 2.15. The lowest BCUT2D eigenvalue weighted by Gasteiger charge is -2.16. The molecule has 2 unspecified atom stereocenters. The monoisotopic (exact) mass is 217 g/mol. The van der Waals surface area contributed by atoms with Gasteiger partial charge < -0.3 is 15.6 Å². The third-order valence-electron chi connectivity index (χ3n) is 2.36. The van der Waals surface area contributed by atoms with Crippen LogP contribution in [0.1, 0.15) is 33.6 Å². The lowest BCUT2D eigenvalue weighted by molar-refractivity contribution is -0.141. The van der Waals surface area contributed by atoms with Crippen LogP contribution in [-0.4, -0.2) is 30.3 Å². The van der Waals surface area contributed by atoms with Crippen molar-refractivity contribution >= 4 is 5.97 Å². The van der Waals surface area contributed by atoms with Crippen LogP contribution in [0.5, 0.6) is 0 Å². The van der Waals surface area contributed by atoms with Gasteiger partial charge in [0.15, 0.2) is 0 Å². The van der Waals surface area contributed by atoms with Gasteiger partial charge in [-0.05, 0) is 32.6 Å². The Bertz CT molecular complexity index is 183. The molecule has 0 radical (unpaired) electrons. The quantitative estimate of drug-likeness (QED) is 0.646. The molecular formula is C11H23NO3. The van der Waals surface area contributed by atoms with E-state index in [4.69, 9.17) is 15.6 Å². The van der Waals surface area contributed by atoms with Crippen LogP contribution in [0.25, 0.3) is 0 Å². The number of hydrogen-bond acceptors (Lipinski definition) is 3. The van der Waals surface area contributed by atoms with Crippen LogP contribution in [0.2, 0.25) is 0 Å². The van der Waals surface area contributed by atoms with Crippen LogP contribution in [0.15, 0.2) is 0 Å². The number of carboxylic acid groups (broad SMARTS) is 1. The lowest BCUT2D eigenvalue weighted by atomic mass is 9.97. The van der Waals surface area contributed by atoms with E-state index in [9.17, 15) is 4.79 Å². The van der Waals surface area contributed by atoms with Crippen LogP contribution in [-0.2, 0) is 9.53 Å². The first-order valence-corrected chi connectivity index (χ1v) is 5.51. The first-order valence-electron chi connectivity index (χ1n) is 5.51. The van der Waals surface area contributed by atoms with Crippen LogP contribution >= 0.6 is 0 Å². The summed E-state index contributed by atoms with van der Waals surface area (Å²) in [5.41, 5.74) is 5.37. The Kier molecular flexibility index (Phi) is 7.34. The molecule has 0 saturated heterocycles. The fourth-order valence-corrected chi connectivity index (χ4v) is 1.27. The standard InChI is InChI=1S/C11H23NO3/c1-8(2)15-7-9(3)4-5-10(6-12)11(13)14/h8-10H,4-7,12H2,1-3H3,(H,13,14). The zero-order valence-corrected chi connectivity index (χ0v) is 9.90. The van der Waals surface area contributed by atoms with E-state index in [-0.39, 0.29) is 12.6 Å². The molecule has 0 aliphatic rings. The number of hydrogen-bond donors (Lipinski definition) is 2. The zero-order valence-electron chi connectivity index (χ0n) is 9.90. The molecule has 0 rings (SSSR count). The first kappa shape index (κ1) is 14.4. The molecule has 90 valence electrons. The summed E-state index contributed by atoms with van der Waals surface area (Å²) < 4.78 is 5.45. The van der Waals surface area contributed by atoms with Crippen molar-refractivity contribution in [3.63, 3.8) is 0 Å². The number of rotatable bonds is 8. The molecule has 2 atom stereocenters. The Labute approximate surface area is 91.8 Å². The van der Waals surface area contributed by atoms with Crippen molar-refractivity contribution in [1.82, 2.24) is 0 Å². The minimum absolute atomic E-state index is 0.215. The van der Waals surface area contributed by atoms with Crippen LogP contribution < -0.4 is 5.73 Å². The minimum atomic E-state index is -0.797. The molecule has 0 aromatic carbocycles. The van der Waals surface area contributed by atoms with Gasteiger partial charge >= 0.3 is 5.97 Å². The summed E-state index contributed by atoms with van der Waals surface area (Å²) in [5, 5.41) is 8.79. The molecule has 15 heavy (non-hydrogen) atoms. The molecule has 0 aromatic rings. The molecule has 0 aromatic heterocycles. The van der Waals surface area contributed by atoms with E-state index in [1.54, 1.807) is 0 Å². The maximum atomic E-state index is 10.7. The van der Waals surface area contributed by atoms with Crippen molar-refractivity contribution in [2.24, 2.45) is 17.6 Å². The molecule has 4 heteroatoms. The SMILES string of the molecule is CC(CCC(CN)C(=O)O)COC(C)C. The first-order chi connectivity index (χ1) is 6.97. The Morgan fingerprint density at radius 2 is 1.93 bits per heavy atom. The van der Waals surface area contributed by atoms with E-state index in [1.165, 1.54) is 0 Å². The van der Waals surface area contributed by atoms with Crippen LogP contribution in [0.3, 0.4) is 0 Å². The number of carbonyl (C=O) groups is 1. The van der Waals surface area contributed by atoms with Gasteiger partial charge in [-0.3, -0.25) is 4.79 Å². The summed E-state index contributed by atoms with van der Waals surface area (Å²) in [4.78, 5) is 10.7. The van der Waals surface area contributed by atoms with E-state index in [0.29, 0.717) is 18.9 Å². The molecular weight excluding hydrogens is 194 g/mol. The normalized spacial score (nSPS) is 15.3. The van der Waals surface area contributed by atoms with Gasteiger partial charge in [0.25, 0.3) is 0 Å². The van der Waals surface area contributed by atoms with Gasteiger partial charge in [0.1, 0.15) is 0 Å². The number of carboxylic acids is 1. The average molecular weight is 217 g/mol. The highest BCUT2D eigenvalue weighted by Gasteiger charge is 2.16. The van der Waals surface area contributed by atoms with Crippen LogP contribution in [0, 0.1) is 11.8 Å². The van der Waals surface area contributed by atoms with Gasteiger partial charge in [0, 0.05) is 13.2 Å². The summed E-state index contributed by atoms with van der Waals surface area (Å²) >= 11 is 0. The summed E-state index contributed by atoms with van der Waals surface area (Å²) in [6, 6.07) is 0. The van der Waals surface area contributed by atoms with Gasteiger partial charge in [-0.25, -0.2) is 0 Å². The fraction of sp³-hybridized carbons (Fsp3) is 0.909. The van der Waals surface area contributed by atoms with Gasteiger partial charge in [-0.15, -0.1) is 0 Å². The fourth-order valence-electron chi connectivity index (χ4n) is 1.27. The van der Waals surface area contributed by atoms with Crippen molar-refractivity contribution in [3.8, 4) is 0 Å². The van der Waals surface area contributed by atoms with Gasteiger partial charge in [-0.1, -0.05) is 6.92 Å². The predicted molar refractivity (Wildman–Crippen MR) is 59.7 cm³/mol. The highest BCUT2D eigenvalue weighted by molar-refractivity contribution is 5.70. The topological polar surface area (TPSA) is 72.6 Å². The van der Waals surface area contributed by atoms with Crippen LogP contribution in [0.4, 0.5) is 0 Å². The molecule has 0 aliphatic carbocycles. The number of ether oxygens (including phenoxy) is 1. The number of nitrogens with two attached hydrogens (primary N) is 1. The molecule has 0 heterocycles. The zero-order chi connectivity index (χ0) is 11.8. The van der Waals surface area contributed by atoms with E-state index < -0.39 is 11.9 Å². The molecule has 3 N–H and O–H groups in total. The lowest BCUT2D eigenvalue weighted by Crippen LogP contribution is -2.24. The highest BCUT2D eigenvalue weighted by atomic mass is 16.5. The van der Waals surface area contributed by atoms with Gasteiger partial charge in [0.05, 0.1) is 12.0 Å². The Hall–Kier alpha value is -0.610. The second kappa shape index (κ2) is 7.65. The van der Waals surface area contributed by atoms with E-state index >= 15 is 0 Å². The van der Waals surface area contributed by atoms with Gasteiger partial charge in [-0.2, -0.15) is 0 Å². The van der Waals surface area contributed by atoms with Gasteiger partial charge in [0.2, 0.25) is 0 Å². The maximum Gasteiger partial charge on any atom is 0.307 e. The van der Waals surface area contributed by atoms with Crippen molar-refractivity contribution in [1.29, 1.82) is 0 Å². The summed E-state index contributed by atoms with van der Waals surface area (Å²) in [5.74, 6) is -0.818. The minimum Gasteiger partial charge on any atom is -0.481 e. The predicted octanol–water partition coefficient (Wildman–Crippen LogP) is 1.49. The Morgan fingerprint density at radius 3 is 2.33 bits per heavy atom. The smallest absolute Gasteiger partial charge is 0.307 e. The third kappa shape index (κ3) is 7.33. The second-order valence-electron chi connectivity index (χ2n) is 4.34. The van der Waals surface area contributed by atoms with E-state index in [0.717, 1.165) is 6.42 Å². The number of aliphatic carboxylic acids is 1. The highest BCUT2D eigenvalue weighted by Crippen LogP contribution is 2.13. The van der Waals surface area contributed by atoms with Crippen molar-refractivity contribution in [2.45, 2.75) is 39.7 Å².